The Kier molecular flexibility index (Phi) is 12.1. The van der Waals surface area contributed by atoms with Gasteiger partial charge in [0.05, 0.1) is 6.10 Å². The molecule has 1 aromatic rings. The zero-order valence-electron chi connectivity index (χ0n) is 16.1. The number of aliphatic hydroxyl groups excluding tert-OH is 1. The summed E-state index contributed by atoms with van der Waals surface area (Å²) in [6, 6.07) is 9.67. The second-order valence-corrected chi connectivity index (χ2v) is 6.67. The predicted octanol–water partition coefficient (Wildman–Crippen LogP) is 2.59. The van der Waals surface area contributed by atoms with Crippen LogP contribution in [-0.4, -0.2) is 43.2 Å². The van der Waals surface area contributed by atoms with Gasteiger partial charge in [-0.05, 0) is 38.2 Å². The van der Waals surface area contributed by atoms with Crippen molar-refractivity contribution >= 4 is 35.8 Å². The van der Waals surface area contributed by atoms with E-state index < -0.39 is 6.10 Å². The number of amides is 1. The number of aliphatic hydroxyl groups is 1. The molecule has 27 heavy (non-hydrogen) atoms. The van der Waals surface area contributed by atoms with Gasteiger partial charge in [-0.3, -0.25) is 9.79 Å². The van der Waals surface area contributed by atoms with Crippen molar-refractivity contribution in [3.8, 4) is 0 Å². The number of nitrogens with zero attached hydrogens (tertiary/aromatic N) is 1. The Labute approximate surface area is 179 Å². The van der Waals surface area contributed by atoms with Crippen LogP contribution in [0.15, 0.2) is 35.3 Å². The highest BCUT2D eigenvalue weighted by Crippen LogP contribution is 2.26. The molecule has 1 unspecified atom stereocenters. The predicted molar refractivity (Wildman–Crippen MR) is 120 cm³/mol. The zero-order chi connectivity index (χ0) is 18.6. The second-order valence-electron chi connectivity index (χ2n) is 6.67. The Balaban J connectivity index is 0.00000364. The van der Waals surface area contributed by atoms with E-state index in [0.29, 0.717) is 26.1 Å². The summed E-state index contributed by atoms with van der Waals surface area (Å²) in [6.07, 6.45) is 4.21. The summed E-state index contributed by atoms with van der Waals surface area (Å²) >= 11 is 0. The van der Waals surface area contributed by atoms with Crippen LogP contribution in [0, 0.1) is 5.92 Å². The number of halogens is 1. The van der Waals surface area contributed by atoms with E-state index in [1.165, 1.54) is 6.42 Å². The molecule has 1 aliphatic carbocycles. The minimum atomic E-state index is -0.478. The molecule has 0 heterocycles. The lowest BCUT2D eigenvalue weighted by Crippen LogP contribution is -2.38. The van der Waals surface area contributed by atoms with Gasteiger partial charge in [-0.1, -0.05) is 36.8 Å². The van der Waals surface area contributed by atoms with E-state index in [1.54, 1.807) is 0 Å². The zero-order valence-corrected chi connectivity index (χ0v) is 18.4. The maximum absolute atomic E-state index is 11.8. The molecule has 1 aliphatic rings. The number of hydrogen-bond donors (Lipinski definition) is 4. The Morgan fingerprint density at radius 2 is 1.93 bits per heavy atom. The molecule has 0 aromatic heterocycles. The molecule has 0 spiro atoms. The molecule has 0 aliphatic heterocycles. The highest BCUT2D eigenvalue weighted by Gasteiger charge is 2.24. The molecule has 4 N–H and O–H groups in total. The van der Waals surface area contributed by atoms with Crippen molar-refractivity contribution in [1.82, 2.24) is 16.0 Å². The minimum absolute atomic E-state index is 0. The van der Waals surface area contributed by atoms with Crippen LogP contribution in [0.1, 0.15) is 50.7 Å². The fraction of sp³-hybridized carbons (Fsp3) is 0.600. The number of hydrogen-bond acceptors (Lipinski definition) is 3. The molecule has 1 amide bonds. The molecule has 0 bridgehead atoms. The topological polar surface area (TPSA) is 85.8 Å². The van der Waals surface area contributed by atoms with Crippen LogP contribution in [0.5, 0.6) is 0 Å². The second kappa shape index (κ2) is 13.8. The van der Waals surface area contributed by atoms with Gasteiger partial charge < -0.3 is 21.1 Å². The molecule has 0 saturated heterocycles. The first kappa shape index (κ1) is 23.7. The maximum atomic E-state index is 11.8. The first-order chi connectivity index (χ1) is 12.7. The van der Waals surface area contributed by atoms with Crippen LogP contribution < -0.4 is 16.0 Å². The number of carbonyl (C=O) groups excluding carboxylic acids is 1. The van der Waals surface area contributed by atoms with E-state index in [9.17, 15) is 9.90 Å². The van der Waals surface area contributed by atoms with Crippen LogP contribution in [0.3, 0.4) is 0 Å². The third kappa shape index (κ3) is 8.92. The molecule has 152 valence electrons. The maximum Gasteiger partial charge on any atom is 0.223 e. The van der Waals surface area contributed by atoms with Crippen LogP contribution >= 0.6 is 24.0 Å². The van der Waals surface area contributed by atoms with Gasteiger partial charge in [-0.25, -0.2) is 0 Å². The quantitative estimate of drug-likeness (QED) is 0.177. The van der Waals surface area contributed by atoms with Crippen molar-refractivity contribution in [2.24, 2.45) is 10.9 Å². The summed E-state index contributed by atoms with van der Waals surface area (Å²) in [4.78, 5) is 16.3. The van der Waals surface area contributed by atoms with E-state index in [4.69, 9.17) is 0 Å². The molecule has 1 atom stereocenters. The molecule has 1 saturated carbocycles. The summed E-state index contributed by atoms with van der Waals surface area (Å²) < 4.78 is 0. The summed E-state index contributed by atoms with van der Waals surface area (Å²) in [7, 11) is 0. The Bertz CT molecular complexity index is 564. The average Bonchev–Trinajstić information content (AvgIpc) is 2.60. The fourth-order valence-corrected chi connectivity index (χ4v) is 2.81. The third-order valence-corrected chi connectivity index (χ3v) is 4.62. The van der Waals surface area contributed by atoms with E-state index in [0.717, 1.165) is 37.3 Å². The summed E-state index contributed by atoms with van der Waals surface area (Å²) in [5, 5.41) is 19.6. The summed E-state index contributed by atoms with van der Waals surface area (Å²) in [5.41, 5.74) is 0.929. The van der Waals surface area contributed by atoms with Gasteiger partial charge >= 0.3 is 0 Å². The highest BCUT2D eigenvalue weighted by molar-refractivity contribution is 14.0. The largest absolute Gasteiger partial charge is 0.388 e. The Hall–Kier alpha value is -1.35. The van der Waals surface area contributed by atoms with E-state index in [2.05, 4.69) is 20.9 Å². The van der Waals surface area contributed by atoms with E-state index in [-0.39, 0.29) is 35.8 Å². The molecule has 6 nitrogen and oxygen atoms in total. The summed E-state index contributed by atoms with van der Waals surface area (Å²) in [5.74, 6) is 1.19. The van der Waals surface area contributed by atoms with Crippen molar-refractivity contribution in [2.45, 2.75) is 45.1 Å². The first-order valence-corrected chi connectivity index (χ1v) is 9.73. The van der Waals surface area contributed by atoms with Gasteiger partial charge in [0.1, 0.15) is 0 Å². The molecule has 7 heteroatoms. The number of rotatable bonds is 10. The van der Waals surface area contributed by atoms with Crippen molar-refractivity contribution in [2.75, 3.05) is 26.2 Å². The molecule has 0 radical (unpaired) electrons. The standard InChI is InChI=1S/C20H32N4O2.HI/c1-2-21-20(23-14-7-13-22-19(26)17-10-6-11-17)24-15-12-18(25)16-8-4-3-5-9-16;/h3-5,8-9,17-18,25H,2,6-7,10-15H2,1H3,(H,22,26)(H2,21,23,24);1H. The van der Waals surface area contributed by atoms with Gasteiger partial charge in [0.25, 0.3) is 0 Å². The Morgan fingerprint density at radius 1 is 1.19 bits per heavy atom. The van der Waals surface area contributed by atoms with E-state index in [1.807, 2.05) is 37.3 Å². The number of carbonyl (C=O) groups is 1. The van der Waals surface area contributed by atoms with Crippen molar-refractivity contribution in [3.63, 3.8) is 0 Å². The number of benzene rings is 1. The fourth-order valence-electron chi connectivity index (χ4n) is 2.81. The molecular formula is C20H33IN4O2. The lowest BCUT2D eigenvalue weighted by Gasteiger charge is -2.23. The molecular weight excluding hydrogens is 455 g/mol. The minimum Gasteiger partial charge on any atom is -0.388 e. The monoisotopic (exact) mass is 488 g/mol. The lowest BCUT2D eigenvalue weighted by atomic mass is 9.85. The van der Waals surface area contributed by atoms with Crippen molar-refractivity contribution in [1.29, 1.82) is 0 Å². The molecule has 1 fully saturated rings. The van der Waals surface area contributed by atoms with Crippen LogP contribution in [0.4, 0.5) is 0 Å². The number of guanidine groups is 1. The average molecular weight is 488 g/mol. The van der Waals surface area contributed by atoms with Gasteiger partial charge in [0, 0.05) is 32.1 Å². The molecule has 2 rings (SSSR count). The summed E-state index contributed by atoms with van der Waals surface area (Å²) in [6.45, 7) is 4.77. The smallest absolute Gasteiger partial charge is 0.223 e. The van der Waals surface area contributed by atoms with Crippen molar-refractivity contribution in [3.05, 3.63) is 35.9 Å². The van der Waals surface area contributed by atoms with Gasteiger partial charge in [0.2, 0.25) is 5.91 Å². The van der Waals surface area contributed by atoms with Gasteiger partial charge in [-0.15, -0.1) is 24.0 Å². The van der Waals surface area contributed by atoms with E-state index >= 15 is 0 Å². The Morgan fingerprint density at radius 3 is 2.56 bits per heavy atom. The lowest BCUT2D eigenvalue weighted by molar-refractivity contribution is -0.127. The first-order valence-electron chi connectivity index (χ1n) is 9.73. The highest BCUT2D eigenvalue weighted by atomic mass is 127. The third-order valence-electron chi connectivity index (χ3n) is 4.62. The van der Waals surface area contributed by atoms with Gasteiger partial charge in [-0.2, -0.15) is 0 Å². The molecule has 1 aromatic carbocycles. The number of aliphatic imine (C=N–C) groups is 1. The van der Waals surface area contributed by atoms with Crippen LogP contribution in [0.25, 0.3) is 0 Å². The van der Waals surface area contributed by atoms with Crippen molar-refractivity contribution < 1.29 is 9.90 Å². The SMILES string of the molecule is CCNC(=NCCCNC(=O)C1CCC1)NCCC(O)c1ccccc1.I. The van der Waals surface area contributed by atoms with Crippen LogP contribution in [0.2, 0.25) is 0 Å². The van der Waals surface area contributed by atoms with Gasteiger partial charge in [0.15, 0.2) is 5.96 Å². The number of nitrogens with one attached hydrogen (secondary N) is 3. The normalized spacial score (nSPS) is 15.3. The van der Waals surface area contributed by atoms with Crippen LogP contribution in [-0.2, 0) is 4.79 Å².